The second-order valence-electron chi connectivity index (χ2n) is 2.09. The molecule has 1 fully saturated rings. The van der Waals surface area contributed by atoms with E-state index in [-0.39, 0.29) is 18.6 Å². The molecule has 7 heavy (non-hydrogen) atoms. The van der Waals surface area contributed by atoms with Crippen molar-refractivity contribution in [3.8, 4) is 0 Å². The third-order valence-electron chi connectivity index (χ3n) is 1.61. The Labute approximate surface area is 42.8 Å². The largest absolute Gasteiger partial charge is 0.396 e. The highest BCUT2D eigenvalue weighted by molar-refractivity contribution is 4.78. The zero-order valence-electron chi connectivity index (χ0n) is 4.17. The minimum Gasteiger partial charge on any atom is -0.396 e. The molecule has 2 heteroatoms. The molecule has 2 atom stereocenters. The summed E-state index contributed by atoms with van der Waals surface area (Å²) in [6.45, 7) is 0.154. The van der Waals surface area contributed by atoms with Crippen molar-refractivity contribution < 1.29 is 10.2 Å². The fourth-order valence-electron chi connectivity index (χ4n) is 0.764. The second kappa shape index (κ2) is 1.80. The molecule has 1 aliphatic rings. The Kier molecular flexibility index (Phi) is 1.30. The van der Waals surface area contributed by atoms with Gasteiger partial charge in [0, 0.05) is 12.5 Å². The van der Waals surface area contributed by atoms with Gasteiger partial charge >= 0.3 is 0 Å². The molecule has 0 aromatic heterocycles. The van der Waals surface area contributed by atoms with Crippen LogP contribution in [0.15, 0.2) is 0 Å². The monoisotopic (exact) mass is 102 g/mol. The van der Waals surface area contributed by atoms with Crippen LogP contribution >= 0.6 is 0 Å². The van der Waals surface area contributed by atoms with E-state index in [9.17, 15) is 0 Å². The van der Waals surface area contributed by atoms with Crippen LogP contribution in [0.1, 0.15) is 12.8 Å². The van der Waals surface area contributed by atoms with Gasteiger partial charge in [-0.2, -0.15) is 0 Å². The first kappa shape index (κ1) is 5.06. The van der Waals surface area contributed by atoms with Gasteiger partial charge in [0.05, 0.1) is 6.10 Å². The van der Waals surface area contributed by atoms with Gasteiger partial charge in [0.2, 0.25) is 0 Å². The predicted molar refractivity (Wildman–Crippen MR) is 25.8 cm³/mol. The van der Waals surface area contributed by atoms with Crippen molar-refractivity contribution in [3.05, 3.63) is 0 Å². The highest BCUT2D eigenvalue weighted by Crippen LogP contribution is 2.25. The zero-order valence-corrected chi connectivity index (χ0v) is 4.17. The standard InChI is InChI=1S/C5H10O2/c6-3-4-1-2-5(4)7/h4-7H,1-3H2/t4-,5-/m1/s1. The Morgan fingerprint density at radius 3 is 2.14 bits per heavy atom. The van der Waals surface area contributed by atoms with E-state index in [1.807, 2.05) is 0 Å². The summed E-state index contributed by atoms with van der Waals surface area (Å²) in [5, 5.41) is 17.1. The lowest BCUT2D eigenvalue weighted by atomic mass is 9.83. The van der Waals surface area contributed by atoms with Gasteiger partial charge in [0.15, 0.2) is 0 Å². The fraction of sp³-hybridized carbons (Fsp3) is 1.00. The molecule has 1 aliphatic carbocycles. The average molecular weight is 102 g/mol. The lowest BCUT2D eigenvalue weighted by Gasteiger charge is -2.30. The molecule has 2 nitrogen and oxygen atoms in total. The second-order valence-corrected chi connectivity index (χ2v) is 2.09. The maximum absolute atomic E-state index is 8.75. The van der Waals surface area contributed by atoms with Gasteiger partial charge in [-0.1, -0.05) is 0 Å². The van der Waals surface area contributed by atoms with E-state index in [2.05, 4.69) is 0 Å². The van der Waals surface area contributed by atoms with Crippen LogP contribution in [-0.4, -0.2) is 22.9 Å². The molecule has 0 aromatic rings. The zero-order chi connectivity index (χ0) is 5.28. The van der Waals surface area contributed by atoms with Crippen molar-refractivity contribution in [1.82, 2.24) is 0 Å². The SMILES string of the molecule is OC[C@H]1CC[C@H]1O. The van der Waals surface area contributed by atoms with Crippen molar-refractivity contribution in [1.29, 1.82) is 0 Å². The fourth-order valence-corrected chi connectivity index (χ4v) is 0.764. The topological polar surface area (TPSA) is 40.5 Å². The molecule has 0 bridgehead atoms. The normalized spacial score (nSPS) is 40.3. The third kappa shape index (κ3) is 0.763. The first-order chi connectivity index (χ1) is 3.34. The molecule has 0 aliphatic heterocycles. The van der Waals surface area contributed by atoms with Crippen molar-refractivity contribution >= 4 is 0 Å². The van der Waals surface area contributed by atoms with E-state index in [1.165, 1.54) is 0 Å². The maximum Gasteiger partial charge on any atom is 0.0590 e. The maximum atomic E-state index is 8.75. The Hall–Kier alpha value is -0.0800. The van der Waals surface area contributed by atoms with Crippen LogP contribution < -0.4 is 0 Å². The van der Waals surface area contributed by atoms with Crippen LogP contribution in [0.2, 0.25) is 0 Å². The summed E-state index contributed by atoms with van der Waals surface area (Å²) in [5.41, 5.74) is 0. The molecule has 1 saturated carbocycles. The number of hydrogen-bond donors (Lipinski definition) is 2. The number of aliphatic hydroxyl groups is 2. The van der Waals surface area contributed by atoms with Crippen molar-refractivity contribution in [2.75, 3.05) is 6.61 Å². The molecule has 0 aromatic carbocycles. The van der Waals surface area contributed by atoms with Crippen LogP contribution in [0.3, 0.4) is 0 Å². The van der Waals surface area contributed by atoms with Crippen LogP contribution in [0.5, 0.6) is 0 Å². The van der Waals surface area contributed by atoms with E-state index in [0.29, 0.717) is 0 Å². The van der Waals surface area contributed by atoms with E-state index in [0.717, 1.165) is 12.8 Å². The van der Waals surface area contributed by atoms with Crippen molar-refractivity contribution in [2.24, 2.45) is 5.92 Å². The lowest BCUT2D eigenvalue weighted by Crippen LogP contribution is -2.33. The average Bonchev–Trinajstić information content (AvgIpc) is 1.65. The molecule has 2 N–H and O–H groups in total. The third-order valence-corrected chi connectivity index (χ3v) is 1.61. The molecular formula is C5H10O2. The first-order valence-corrected chi connectivity index (χ1v) is 2.63. The number of aliphatic hydroxyl groups excluding tert-OH is 2. The number of rotatable bonds is 1. The molecule has 0 spiro atoms. The van der Waals surface area contributed by atoms with Crippen LogP contribution in [0, 0.1) is 5.92 Å². The van der Waals surface area contributed by atoms with Gasteiger partial charge in [-0.25, -0.2) is 0 Å². The summed E-state index contributed by atoms with van der Waals surface area (Å²) in [5.74, 6) is 0.194. The summed E-state index contributed by atoms with van der Waals surface area (Å²) < 4.78 is 0. The van der Waals surface area contributed by atoms with E-state index >= 15 is 0 Å². The number of hydrogen-bond acceptors (Lipinski definition) is 2. The van der Waals surface area contributed by atoms with Gasteiger partial charge < -0.3 is 10.2 Å². The van der Waals surface area contributed by atoms with E-state index in [4.69, 9.17) is 10.2 Å². The van der Waals surface area contributed by atoms with Gasteiger partial charge in [-0.3, -0.25) is 0 Å². The molecular weight excluding hydrogens is 92.1 g/mol. The molecule has 0 amide bonds. The summed E-state index contributed by atoms with van der Waals surface area (Å²) in [4.78, 5) is 0. The summed E-state index contributed by atoms with van der Waals surface area (Å²) in [7, 11) is 0. The lowest BCUT2D eigenvalue weighted by molar-refractivity contribution is -0.00713. The predicted octanol–water partition coefficient (Wildman–Crippen LogP) is -0.250. The Bertz CT molecular complexity index is 61.1. The Morgan fingerprint density at radius 2 is 2.14 bits per heavy atom. The molecule has 0 saturated heterocycles. The molecule has 1 rings (SSSR count). The summed E-state index contributed by atoms with van der Waals surface area (Å²) in [6.07, 6.45) is 1.67. The van der Waals surface area contributed by atoms with E-state index in [1.54, 1.807) is 0 Å². The highest BCUT2D eigenvalue weighted by Gasteiger charge is 2.27. The van der Waals surface area contributed by atoms with Crippen LogP contribution in [0.25, 0.3) is 0 Å². The quantitative estimate of drug-likeness (QED) is 0.479. The van der Waals surface area contributed by atoms with Crippen LogP contribution in [0.4, 0.5) is 0 Å². The highest BCUT2D eigenvalue weighted by atomic mass is 16.3. The Balaban J connectivity index is 2.16. The van der Waals surface area contributed by atoms with Gasteiger partial charge in [-0.05, 0) is 12.8 Å². The van der Waals surface area contributed by atoms with Crippen molar-refractivity contribution in [3.63, 3.8) is 0 Å². The molecule has 0 heterocycles. The minimum atomic E-state index is -0.204. The summed E-state index contributed by atoms with van der Waals surface area (Å²) in [6, 6.07) is 0. The molecule has 42 valence electrons. The van der Waals surface area contributed by atoms with Gasteiger partial charge in [-0.15, -0.1) is 0 Å². The van der Waals surface area contributed by atoms with Crippen LogP contribution in [-0.2, 0) is 0 Å². The Morgan fingerprint density at radius 1 is 1.43 bits per heavy atom. The minimum absolute atomic E-state index is 0.154. The van der Waals surface area contributed by atoms with E-state index < -0.39 is 0 Å². The van der Waals surface area contributed by atoms with Crippen molar-refractivity contribution in [2.45, 2.75) is 18.9 Å². The van der Waals surface area contributed by atoms with Gasteiger partial charge in [0.25, 0.3) is 0 Å². The smallest absolute Gasteiger partial charge is 0.0590 e. The molecule has 0 unspecified atom stereocenters. The molecule has 0 radical (unpaired) electrons. The van der Waals surface area contributed by atoms with Gasteiger partial charge in [0.1, 0.15) is 0 Å². The summed E-state index contributed by atoms with van der Waals surface area (Å²) >= 11 is 0. The first-order valence-electron chi connectivity index (χ1n) is 2.63.